The summed E-state index contributed by atoms with van der Waals surface area (Å²) < 4.78 is 4.68. The minimum Gasteiger partial charge on any atom is -0.464 e. The summed E-state index contributed by atoms with van der Waals surface area (Å²) in [4.78, 5) is 18.1. The Kier molecular flexibility index (Phi) is 3.07. The molecule has 0 saturated carbocycles. The molecule has 0 bridgehead atoms. The summed E-state index contributed by atoms with van der Waals surface area (Å²) in [5.74, 6) is -0.398. The normalized spacial score (nSPS) is 14.9. The summed E-state index contributed by atoms with van der Waals surface area (Å²) in [6.07, 6.45) is 2.52. The highest BCUT2D eigenvalue weighted by Gasteiger charge is 2.13. The molecule has 0 aliphatic carbocycles. The van der Waals surface area contributed by atoms with Crippen LogP contribution in [0.25, 0.3) is 10.9 Å². The van der Waals surface area contributed by atoms with Gasteiger partial charge in [-0.3, -0.25) is 0 Å². The Morgan fingerprint density at radius 2 is 2.00 bits per heavy atom. The number of rotatable bonds is 2. The second-order valence-corrected chi connectivity index (χ2v) is 4.76. The van der Waals surface area contributed by atoms with E-state index < -0.39 is 5.97 Å². The number of methoxy groups -OCH3 is 1. The van der Waals surface area contributed by atoms with E-state index in [9.17, 15) is 4.79 Å². The van der Waals surface area contributed by atoms with E-state index in [2.05, 4.69) is 26.8 Å². The quantitative estimate of drug-likeness (QED) is 0.775. The van der Waals surface area contributed by atoms with E-state index in [1.54, 1.807) is 6.07 Å². The van der Waals surface area contributed by atoms with Crippen LogP contribution >= 0.6 is 0 Å². The zero-order valence-electron chi connectivity index (χ0n) is 10.9. The van der Waals surface area contributed by atoms with E-state index in [1.807, 2.05) is 12.1 Å². The van der Waals surface area contributed by atoms with Gasteiger partial charge in [-0.1, -0.05) is 6.07 Å². The SMILES string of the molecule is COC(=O)c1ccc2cc(N3CCCC3)ccc2n1. The Bertz CT molecular complexity index is 619. The van der Waals surface area contributed by atoms with Gasteiger partial charge in [0.25, 0.3) is 0 Å². The number of hydrogen-bond acceptors (Lipinski definition) is 4. The van der Waals surface area contributed by atoms with Crippen LogP contribution in [0.5, 0.6) is 0 Å². The van der Waals surface area contributed by atoms with Crippen molar-refractivity contribution in [2.24, 2.45) is 0 Å². The van der Waals surface area contributed by atoms with Crippen LogP contribution in [0.3, 0.4) is 0 Å². The number of nitrogens with zero attached hydrogens (tertiary/aromatic N) is 2. The molecule has 3 rings (SSSR count). The average molecular weight is 256 g/mol. The number of carbonyl (C=O) groups excluding carboxylic acids is 1. The summed E-state index contributed by atoms with van der Waals surface area (Å²) in [6, 6.07) is 9.81. The molecular formula is C15H16N2O2. The van der Waals surface area contributed by atoms with Crippen molar-refractivity contribution in [3.05, 3.63) is 36.0 Å². The van der Waals surface area contributed by atoms with Gasteiger partial charge in [0.15, 0.2) is 0 Å². The Morgan fingerprint density at radius 1 is 1.21 bits per heavy atom. The minimum absolute atomic E-state index is 0.351. The van der Waals surface area contributed by atoms with E-state index in [0.717, 1.165) is 24.0 Å². The molecular weight excluding hydrogens is 240 g/mol. The smallest absolute Gasteiger partial charge is 0.356 e. The fourth-order valence-electron chi connectivity index (χ4n) is 2.50. The maximum absolute atomic E-state index is 11.4. The van der Waals surface area contributed by atoms with Crippen molar-refractivity contribution in [3.8, 4) is 0 Å². The predicted molar refractivity (Wildman–Crippen MR) is 74.5 cm³/mol. The van der Waals surface area contributed by atoms with Gasteiger partial charge in [-0.2, -0.15) is 0 Å². The number of fused-ring (bicyclic) bond motifs is 1. The Balaban J connectivity index is 1.98. The third-order valence-corrected chi connectivity index (χ3v) is 3.54. The Hall–Kier alpha value is -2.10. The number of esters is 1. The average Bonchev–Trinajstić information content (AvgIpc) is 2.99. The number of anilines is 1. The number of pyridine rings is 1. The molecule has 19 heavy (non-hydrogen) atoms. The Labute approximate surface area is 112 Å². The minimum atomic E-state index is -0.398. The van der Waals surface area contributed by atoms with Crippen LogP contribution < -0.4 is 4.90 Å². The van der Waals surface area contributed by atoms with Crippen molar-refractivity contribution in [1.82, 2.24) is 4.98 Å². The van der Waals surface area contributed by atoms with Gasteiger partial charge >= 0.3 is 5.97 Å². The summed E-state index contributed by atoms with van der Waals surface area (Å²) in [7, 11) is 1.37. The molecule has 1 aromatic carbocycles. The maximum atomic E-state index is 11.4. The molecule has 4 nitrogen and oxygen atoms in total. The molecule has 0 amide bonds. The molecule has 0 atom stereocenters. The van der Waals surface area contributed by atoms with Crippen LogP contribution in [0.4, 0.5) is 5.69 Å². The van der Waals surface area contributed by atoms with Gasteiger partial charge < -0.3 is 9.64 Å². The molecule has 0 spiro atoms. The van der Waals surface area contributed by atoms with Gasteiger partial charge in [-0.05, 0) is 37.1 Å². The fraction of sp³-hybridized carbons (Fsp3) is 0.333. The van der Waals surface area contributed by atoms with Gasteiger partial charge in [-0.25, -0.2) is 9.78 Å². The summed E-state index contributed by atoms with van der Waals surface area (Å²) >= 11 is 0. The largest absolute Gasteiger partial charge is 0.464 e. The second kappa shape index (κ2) is 4.88. The van der Waals surface area contributed by atoms with Gasteiger partial charge in [0.1, 0.15) is 5.69 Å². The first-order chi connectivity index (χ1) is 9.28. The van der Waals surface area contributed by atoms with E-state index >= 15 is 0 Å². The maximum Gasteiger partial charge on any atom is 0.356 e. The van der Waals surface area contributed by atoms with E-state index in [4.69, 9.17) is 0 Å². The molecule has 2 aromatic rings. The second-order valence-electron chi connectivity index (χ2n) is 4.76. The van der Waals surface area contributed by atoms with Crippen LogP contribution in [0.15, 0.2) is 30.3 Å². The molecule has 4 heteroatoms. The van der Waals surface area contributed by atoms with Crippen molar-refractivity contribution in [2.45, 2.75) is 12.8 Å². The molecule has 1 aromatic heterocycles. The summed E-state index contributed by atoms with van der Waals surface area (Å²) in [5.41, 5.74) is 2.41. The number of carbonyl (C=O) groups is 1. The summed E-state index contributed by atoms with van der Waals surface area (Å²) in [5, 5.41) is 1.05. The topological polar surface area (TPSA) is 42.4 Å². The predicted octanol–water partition coefficient (Wildman–Crippen LogP) is 2.62. The molecule has 1 saturated heterocycles. The fourth-order valence-corrected chi connectivity index (χ4v) is 2.50. The summed E-state index contributed by atoms with van der Waals surface area (Å²) in [6.45, 7) is 2.25. The van der Waals surface area contributed by atoms with Crippen LogP contribution in [0.2, 0.25) is 0 Å². The zero-order chi connectivity index (χ0) is 13.2. The first-order valence-corrected chi connectivity index (χ1v) is 6.52. The van der Waals surface area contributed by atoms with Gasteiger partial charge in [0, 0.05) is 24.2 Å². The zero-order valence-corrected chi connectivity index (χ0v) is 10.9. The van der Waals surface area contributed by atoms with E-state index in [-0.39, 0.29) is 0 Å². The monoisotopic (exact) mass is 256 g/mol. The van der Waals surface area contributed by atoms with Crippen molar-refractivity contribution in [2.75, 3.05) is 25.1 Å². The molecule has 1 aliphatic rings. The van der Waals surface area contributed by atoms with Crippen molar-refractivity contribution in [1.29, 1.82) is 0 Å². The molecule has 98 valence electrons. The highest BCUT2D eigenvalue weighted by molar-refractivity contribution is 5.91. The van der Waals surface area contributed by atoms with Gasteiger partial charge in [0.05, 0.1) is 12.6 Å². The lowest BCUT2D eigenvalue weighted by Gasteiger charge is -2.17. The van der Waals surface area contributed by atoms with E-state index in [0.29, 0.717) is 5.69 Å². The molecule has 0 radical (unpaired) electrons. The highest BCUT2D eigenvalue weighted by Crippen LogP contribution is 2.24. The molecule has 2 heterocycles. The van der Waals surface area contributed by atoms with Crippen LogP contribution in [0, 0.1) is 0 Å². The number of aromatic nitrogens is 1. The van der Waals surface area contributed by atoms with Crippen LogP contribution in [0.1, 0.15) is 23.3 Å². The number of hydrogen-bond donors (Lipinski definition) is 0. The number of ether oxygens (including phenoxy) is 1. The molecule has 1 fully saturated rings. The lowest BCUT2D eigenvalue weighted by atomic mass is 10.1. The van der Waals surface area contributed by atoms with Gasteiger partial charge in [-0.15, -0.1) is 0 Å². The van der Waals surface area contributed by atoms with E-state index in [1.165, 1.54) is 25.6 Å². The van der Waals surface area contributed by atoms with Crippen molar-refractivity contribution >= 4 is 22.6 Å². The van der Waals surface area contributed by atoms with Gasteiger partial charge in [0.2, 0.25) is 0 Å². The third kappa shape index (κ3) is 2.26. The molecule has 0 N–H and O–H groups in total. The van der Waals surface area contributed by atoms with Crippen LogP contribution in [-0.4, -0.2) is 31.2 Å². The standard InChI is InChI=1S/C15H16N2O2/c1-19-15(18)14-6-4-11-10-12(5-7-13(11)16-14)17-8-2-3-9-17/h4-7,10H,2-3,8-9H2,1H3. The molecule has 0 unspecified atom stereocenters. The van der Waals surface area contributed by atoms with Crippen molar-refractivity contribution < 1.29 is 9.53 Å². The first kappa shape index (κ1) is 12.0. The number of benzene rings is 1. The lowest BCUT2D eigenvalue weighted by Crippen LogP contribution is -2.17. The highest BCUT2D eigenvalue weighted by atomic mass is 16.5. The van der Waals surface area contributed by atoms with Crippen LogP contribution in [-0.2, 0) is 4.74 Å². The molecule has 1 aliphatic heterocycles. The lowest BCUT2D eigenvalue weighted by molar-refractivity contribution is 0.0594. The van der Waals surface area contributed by atoms with Crippen molar-refractivity contribution in [3.63, 3.8) is 0 Å². The Morgan fingerprint density at radius 3 is 2.74 bits per heavy atom. The first-order valence-electron chi connectivity index (χ1n) is 6.52. The third-order valence-electron chi connectivity index (χ3n) is 3.54.